The Morgan fingerprint density at radius 2 is 2.28 bits per heavy atom. The van der Waals surface area contributed by atoms with Crippen molar-refractivity contribution < 1.29 is 9.84 Å². The molecule has 0 fully saturated rings. The third-order valence-corrected chi connectivity index (χ3v) is 2.20. The topological polar surface area (TPSA) is 99.5 Å². The van der Waals surface area contributed by atoms with E-state index in [1.165, 1.54) is 13.1 Å². The molecule has 0 atom stereocenters. The number of nitrogen functional groups attached to an aromatic ring is 1. The highest BCUT2D eigenvalue weighted by Gasteiger charge is 2.08. The van der Waals surface area contributed by atoms with Crippen LogP contribution in [0.15, 0.2) is 40.3 Å². The Labute approximate surface area is 103 Å². The third kappa shape index (κ3) is 3.03. The summed E-state index contributed by atoms with van der Waals surface area (Å²) < 4.78 is 6.83. The van der Waals surface area contributed by atoms with Gasteiger partial charge in [0.05, 0.1) is 6.54 Å². The van der Waals surface area contributed by atoms with Gasteiger partial charge in [-0.25, -0.2) is 4.79 Å². The van der Waals surface area contributed by atoms with E-state index < -0.39 is 11.2 Å². The number of hydrogen-bond acceptors (Lipinski definition) is 5. The SMILES string of the molecule is C=CCOC=C(O)Cn1c(=O)cc(N)n(C)c1=O. The van der Waals surface area contributed by atoms with Crippen LogP contribution in [0.4, 0.5) is 5.82 Å². The summed E-state index contributed by atoms with van der Waals surface area (Å²) in [6.07, 6.45) is 2.56. The van der Waals surface area contributed by atoms with Crippen LogP contribution in [0.3, 0.4) is 0 Å². The summed E-state index contributed by atoms with van der Waals surface area (Å²) in [7, 11) is 1.43. The van der Waals surface area contributed by atoms with Gasteiger partial charge in [-0.2, -0.15) is 0 Å². The van der Waals surface area contributed by atoms with Crippen molar-refractivity contribution in [3.8, 4) is 0 Å². The third-order valence-electron chi connectivity index (χ3n) is 2.20. The van der Waals surface area contributed by atoms with Crippen LogP contribution in [-0.2, 0) is 18.3 Å². The molecule has 0 aliphatic carbocycles. The van der Waals surface area contributed by atoms with E-state index in [1.54, 1.807) is 0 Å². The van der Waals surface area contributed by atoms with Crippen LogP contribution in [0.2, 0.25) is 0 Å². The Morgan fingerprint density at radius 1 is 1.61 bits per heavy atom. The highest BCUT2D eigenvalue weighted by Crippen LogP contribution is 1.94. The first-order valence-electron chi connectivity index (χ1n) is 5.14. The predicted molar refractivity (Wildman–Crippen MR) is 67.2 cm³/mol. The largest absolute Gasteiger partial charge is 0.507 e. The van der Waals surface area contributed by atoms with Crippen molar-refractivity contribution in [1.82, 2.24) is 9.13 Å². The van der Waals surface area contributed by atoms with E-state index in [2.05, 4.69) is 6.58 Å². The Morgan fingerprint density at radius 3 is 2.89 bits per heavy atom. The average molecular weight is 253 g/mol. The molecule has 1 aromatic heterocycles. The summed E-state index contributed by atoms with van der Waals surface area (Å²) in [5.41, 5.74) is 4.26. The summed E-state index contributed by atoms with van der Waals surface area (Å²) in [6, 6.07) is 1.11. The molecule has 0 aliphatic rings. The molecule has 1 rings (SSSR count). The molecule has 0 aliphatic heterocycles. The van der Waals surface area contributed by atoms with Gasteiger partial charge in [0.25, 0.3) is 5.56 Å². The molecule has 1 aromatic rings. The molecule has 7 nitrogen and oxygen atoms in total. The molecule has 0 aromatic carbocycles. The van der Waals surface area contributed by atoms with Crippen LogP contribution < -0.4 is 17.0 Å². The molecule has 0 amide bonds. The molecule has 7 heteroatoms. The molecule has 3 N–H and O–H groups in total. The molecule has 1 heterocycles. The normalized spacial score (nSPS) is 11.3. The maximum Gasteiger partial charge on any atom is 0.332 e. The van der Waals surface area contributed by atoms with Gasteiger partial charge < -0.3 is 15.6 Å². The zero-order chi connectivity index (χ0) is 13.7. The van der Waals surface area contributed by atoms with Crippen molar-refractivity contribution in [2.24, 2.45) is 7.05 Å². The maximum absolute atomic E-state index is 11.7. The van der Waals surface area contributed by atoms with Crippen LogP contribution in [0.25, 0.3) is 0 Å². The van der Waals surface area contributed by atoms with E-state index in [0.29, 0.717) is 0 Å². The quantitative estimate of drug-likeness (QED) is 0.427. The number of anilines is 1. The monoisotopic (exact) mass is 253 g/mol. The Bertz CT molecular complexity index is 583. The van der Waals surface area contributed by atoms with Crippen molar-refractivity contribution in [2.75, 3.05) is 12.3 Å². The molecule has 18 heavy (non-hydrogen) atoms. The van der Waals surface area contributed by atoms with Gasteiger partial charge in [0, 0.05) is 13.1 Å². The van der Waals surface area contributed by atoms with Gasteiger partial charge in [-0.3, -0.25) is 13.9 Å². The van der Waals surface area contributed by atoms with Crippen LogP contribution in [-0.4, -0.2) is 20.8 Å². The summed E-state index contributed by atoms with van der Waals surface area (Å²) in [5, 5.41) is 9.50. The van der Waals surface area contributed by atoms with Crippen molar-refractivity contribution in [3.63, 3.8) is 0 Å². The zero-order valence-corrected chi connectivity index (χ0v) is 10.00. The molecule has 0 saturated carbocycles. The average Bonchev–Trinajstić information content (AvgIpc) is 2.32. The Kier molecular flexibility index (Phi) is 4.36. The predicted octanol–water partition coefficient (Wildman–Crippen LogP) is -0.269. The van der Waals surface area contributed by atoms with E-state index in [9.17, 15) is 14.7 Å². The lowest BCUT2D eigenvalue weighted by molar-refractivity contribution is 0.252. The molecule has 0 saturated heterocycles. The van der Waals surface area contributed by atoms with E-state index in [0.717, 1.165) is 21.5 Å². The first kappa shape index (κ1) is 13.6. The van der Waals surface area contributed by atoms with Crippen molar-refractivity contribution in [3.05, 3.63) is 51.6 Å². The van der Waals surface area contributed by atoms with Gasteiger partial charge >= 0.3 is 5.69 Å². The van der Waals surface area contributed by atoms with Gasteiger partial charge in [-0.15, -0.1) is 0 Å². The second-order valence-corrected chi connectivity index (χ2v) is 3.57. The van der Waals surface area contributed by atoms with E-state index in [-0.39, 0.29) is 24.7 Å². The molecule has 98 valence electrons. The van der Waals surface area contributed by atoms with E-state index in [1.807, 2.05) is 0 Å². The maximum atomic E-state index is 11.7. The van der Waals surface area contributed by atoms with Crippen molar-refractivity contribution >= 4 is 5.82 Å². The number of allylic oxidation sites excluding steroid dienone is 1. The fourth-order valence-electron chi connectivity index (χ4n) is 1.24. The lowest BCUT2D eigenvalue weighted by Crippen LogP contribution is -2.39. The number of rotatable bonds is 5. The molecule has 0 bridgehead atoms. The summed E-state index contributed by atoms with van der Waals surface area (Å²) in [5.74, 6) is -0.187. The second-order valence-electron chi connectivity index (χ2n) is 3.57. The fourth-order valence-corrected chi connectivity index (χ4v) is 1.24. The highest BCUT2D eigenvalue weighted by molar-refractivity contribution is 5.26. The molecule has 0 spiro atoms. The van der Waals surface area contributed by atoms with Crippen LogP contribution in [0.5, 0.6) is 0 Å². The van der Waals surface area contributed by atoms with Gasteiger partial charge in [-0.1, -0.05) is 12.7 Å². The van der Waals surface area contributed by atoms with Gasteiger partial charge in [0.15, 0.2) is 0 Å². The number of aliphatic hydroxyl groups is 1. The van der Waals surface area contributed by atoms with E-state index >= 15 is 0 Å². The fraction of sp³-hybridized carbons (Fsp3) is 0.273. The molecule has 0 unspecified atom stereocenters. The number of aromatic nitrogens is 2. The minimum Gasteiger partial charge on any atom is -0.507 e. The minimum atomic E-state index is -0.608. The van der Waals surface area contributed by atoms with Crippen molar-refractivity contribution in [1.29, 1.82) is 0 Å². The zero-order valence-electron chi connectivity index (χ0n) is 10.00. The second kappa shape index (κ2) is 5.76. The van der Waals surface area contributed by atoms with Crippen molar-refractivity contribution in [2.45, 2.75) is 6.54 Å². The Hall–Kier alpha value is -2.44. The first-order chi connectivity index (χ1) is 8.47. The minimum absolute atomic E-state index is 0.0626. The standard InChI is InChI=1S/C11H15N3O4/c1-3-4-18-7-8(15)6-14-10(16)5-9(12)13(2)11(14)17/h3,5,7,15H,1,4,6,12H2,2H3. The number of nitrogens with two attached hydrogens (primary N) is 1. The Balaban J connectivity index is 3.02. The molecular formula is C11H15N3O4. The van der Waals surface area contributed by atoms with Crippen LogP contribution in [0.1, 0.15) is 0 Å². The lowest BCUT2D eigenvalue weighted by atomic mass is 10.5. The first-order valence-corrected chi connectivity index (χ1v) is 5.14. The highest BCUT2D eigenvalue weighted by atomic mass is 16.5. The van der Waals surface area contributed by atoms with Gasteiger partial charge in [0.2, 0.25) is 0 Å². The van der Waals surface area contributed by atoms with Gasteiger partial charge in [0.1, 0.15) is 24.4 Å². The summed E-state index contributed by atoms with van der Waals surface area (Å²) in [6.45, 7) is 3.38. The number of hydrogen-bond donors (Lipinski definition) is 2. The summed E-state index contributed by atoms with van der Waals surface area (Å²) in [4.78, 5) is 23.3. The number of aliphatic hydroxyl groups excluding tert-OH is 1. The van der Waals surface area contributed by atoms with Gasteiger partial charge in [-0.05, 0) is 0 Å². The molecule has 0 radical (unpaired) electrons. The smallest absolute Gasteiger partial charge is 0.332 e. The number of ether oxygens (including phenoxy) is 1. The van der Waals surface area contributed by atoms with E-state index in [4.69, 9.17) is 10.5 Å². The summed E-state index contributed by atoms with van der Waals surface area (Å²) >= 11 is 0. The van der Waals surface area contributed by atoms with Crippen LogP contribution >= 0.6 is 0 Å². The lowest BCUT2D eigenvalue weighted by Gasteiger charge is -2.08. The van der Waals surface area contributed by atoms with Crippen LogP contribution in [0, 0.1) is 0 Å². The number of nitrogens with zero attached hydrogens (tertiary/aromatic N) is 2. The molecular weight excluding hydrogens is 238 g/mol.